The van der Waals surface area contributed by atoms with Crippen molar-refractivity contribution in [1.29, 1.82) is 15.8 Å². The van der Waals surface area contributed by atoms with Gasteiger partial charge in [0.2, 0.25) is 11.6 Å². The van der Waals surface area contributed by atoms with E-state index in [1.165, 1.54) is 0 Å². The van der Waals surface area contributed by atoms with Gasteiger partial charge in [0.1, 0.15) is 34.9 Å². The molecule has 0 amide bonds. The van der Waals surface area contributed by atoms with Gasteiger partial charge in [-0.15, -0.1) is 0 Å². The summed E-state index contributed by atoms with van der Waals surface area (Å²) in [6.07, 6.45) is 0. The van der Waals surface area contributed by atoms with Gasteiger partial charge in [0.25, 0.3) is 0 Å². The van der Waals surface area contributed by atoms with Crippen LogP contribution in [0.1, 0.15) is 16.7 Å². The Hall–Kier alpha value is -2.78. The van der Waals surface area contributed by atoms with Crippen molar-refractivity contribution in [3.05, 3.63) is 16.7 Å². The molecular formula is C8H5N6+. The molecule has 14 heavy (non-hydrogen) atoms. The lowest BCUT2D eigenvalue weighted by Crippen LogP contribution is -2.20. The van der Waals surface area contributed by atoms with Crippen LogP contribution in [0.3, 0.4) is 0 Å². The highest BCUT2D eigenvalue weighted by molar-refractivity contribution is 5.65. The number of anilines is 2. The van der Waals surface area contributed by atoms with Crippen molar-refractivity contribution in [3.8, 4) is 18.2 Å². The van der Waals surface area contributed by atoms with E-state index in [9.17, 15) is 0 Å². The second-order valence-corrected chi connectivity index (χ2v) is 2.41. The van der Waals surface area contributed by atoms with Crippen molar-refractivity contribution in [2.24, 2.45) is 0 Å². The largest absolute Gasteiger partial charge is 0.318 e. The molecule has 0 saturated carbocycles. The van der Waals surface area contributed by atoms with Crippen LogP contribution >= 0.6 is 0 Å². The van der Waals surface area contributed by atoms with E-state index in [1.807, 2.05) is 0 Å². The highest BCUT2D eigenvalue weighted by Gasteiger charge is 2.19. The summed E-state index contributed by atoms with van der Waals surface area (Å²) in [6, 6.07) is 5.19. The number of aromatic nitrogens is 1. The number of nitrogens with one attached hydrogen (secondary N) is 1. The Bertz CT molecular complexity index is 472. The molecule has 0 aromatic carbocycles. The van der Waals surface area contributed by atoms with E-state index < -0.39 is 0 Å². The first kappa shape index (κ1) is 9.31. The smallest absolute Gasteiger partial charge is 0.236 e. The van der Waals surface area contributed by atoms with Crippen LogP contribution in [-0.4, -0.2) is 0 Å². The predicted octanol–water partition coefficient (Wildman–Crippen LogP) is -0.720. The minimum Gasteiger partial charge on any atom is -0.318 e. The molecule has 1 aromatic heterocycles. The molecule has 66 valence electrons. The van der Waals surface area contributed by atoms with Crippen LogP contribution in [-0.2, 0) is 0 Å². The van der Waals surface area contributed by atoms with E-state index >= 15 is 0 Å². The van der Waals surface area contributed by atoms with Gasteiger partial charge in [0.05, 0.1) is 0 Å². The second-order valence-electron chi connectivity index (χ2n) is 2.41. The molecule has 6 nitrogen and oxygen atoms in total. The van der Waals surface area contributed by atoms with E-state index in [-0.39, 0.29) is 28.3 Å². The maximum atomic E-state index is 8.73. The number of nitriles is 3. The molecule has 0 fully saturated rings. The minimum atomic E-state index is -0.0937. The Labute approximate surface area is 79.6 Å². The Morgan fingerprint density at radius 2 is 1.14 bits per heavy atom. The third-order valence-corrected chi connectivity index (χ3v) is 1.64. The SMILES string of the molecule is N#Cc1c(N)[nH+]c(N)c(C#N)c1C#N. The molecule has 6 heteroatoms. The molecule has 0 bridgehead atoms. The Kier molecular flexibility index (Phi) is 2.20. The summed E-state index contributed by atoms with van der Waals surface area (Å²) in [5, 5.41) is 26.1. The number of nitrogen functional groups attached to an aromatic ring is 2. The number of hydrogen-bond donors (Lipinski definition) is 2. The standard InChI is InChI=1S/C8H4N6/c9-1-4-5(2-10)7(12)14-8(13)6(4)3-11/h(H4,12,13,14)/p+1. The van der Waals surface area contributed by atoms with E-state index in [4.69, 9.17) is 27.3 Å². The molecular weight excluding hydrogens is 180 g/mol. The van der Waals surface area contributed by atoms with Crippen LogP contribution in [0.4, 0.5) is 11.6 Å². The number of aromatic amines is 1. The summed E-state index contributed by atoms with van der Waals surface area (Å²) in [5.41, 5.74) is 10.6. The zero-order chi connectivity index (χ0) is 10.7. The molecule has 0 unspecified atom stereocenters. The van der Waals surface area contributed by atoms with Gasteiger partial charge in [-0.1, -0.05) is 0 Å². The van der Waals surface area contributed by atoms with Crippen LogP contribution in [0.25, 0.3) is 0 Å². The molecule has 0 saturated heterocycles. The highest BCUT2D eigenvalue weighted by Crippen LogP contribution is 2.18. The molecule has 0 aliphatic heterocycles. The molecule has 0 aliphatic carbocycles. The van der Waals surface area contributed by atoms with E-state index in [1.54, 1.807) is 18.2 Å². The van der Waals surface area contributed by atoms with Crippen LogP contribution in [0, 0.1) is 34.0 Å². The molecule has 1 heterocycles. The third kappa shape index (κ3) is 1.16. The molecule has 1 aromatic rings. The van der Waals surface area contributed by atoms with Gasteiger partial charge in [-0.2, -0.15) is 15.8 Å². The number of rotatable bonds is 0. The van der Waals surface area contributed by atoms with Gasteiger partial charge in [0.15, 0.2) is 0 Å². The average Bonchev–Trinajstić information content (AvgIpc) is 2.16. The fourth-order valence-corrected chi connectivity index (χ4v) is 1.01. The molecule has 0 spiro atoms. The quantitative estimate of drug-likeness (QED) is 0.549. The Balaban J connectivity index is 3.76. The summed E-state index contributed by atoms with van der Waals surface area (Å²) >= 11 is 0. The number of hydrogen-bond acceptors (Lipinski definition) is 5. The lowest BCUT2D eigenvalue weighted by atomic mass is 10.1. The molecule has 0 atom stereocenters. The maximum absolute atomic E-state index is 8.73. The Morgan fingerprint density at radius 1 is 0.786 bits per heavy atom. The minimum absolute atomic E-state index is 0.0134. The Morgan fingerprint density at radius 3 is 1.43 bits per heavy atom. The van der Waals surface area contributed by atoms with Crippen molar-refractivity contribution < 1.29 is 4.98 Å². The number of nitrogens with two attached hydrogens (primary N) is 2. The van der Waals surface area contributed by atoms with Gasteiger partial charge in [-0.3, -0.25) is 0 Å². The van der Waals surface area contributed by atoms with E-state index in [2.05, 4.69) is 4.98 Å². The first-order valence-electron chi connectivity index (χ1n) is 3.50. The van der Waals surface area contributed by atoms with Gasteiger partial charge < -0.3 is 11.5 Å². The maximum Gasteiger partial charge on any atom is 0.236 e. The summed E-state index contributed by atoms with van der Waals surface area (Å²) in [7, 11) is 0. The third-order valence-electron chi connectivity index (χ3n) is 1.64. The zero-order valence-corrected chi connectivity index (χ0v) is 7.00. The van der Waals surface area contributed by atoms with Crippen molar-refractivity contribution in [3.63, 3.8) is 0 Å². The lowest BCUT2D eigenvalue weighted by Gasteiger charge is -1.99. The number of pyridine rings is 1. The molecule has 5 N–H and O–H groups in total. The molecule has 1 rings (SSSR count). The normalized spacial score (nSPS) is 8.36. The van der Waals surface area contributed by atoms with Crippen molar-refractivity contribution in [2.45, 2.75) is 0 Å². The van der Waals surface area contributed by atoms with E-state index in [0.717, 1.165) is 0 Å². The second kappa shape index (κ2) is 3.30. The van der Waals surface area contributed by atoms with Gasteiger partial charge in [-0.25, -0.2) is 4.98 Å². The molecule has 0 radical (unpaired) electrons. The fraction of sp³-hybridized carbons (Fsp3) is 0. The number of nitrogens with zero attached hydrogens (tertiary/aromatic N) is 3. The summed E-state index contributed by atoms with van der Waals surface area (Å²) < 4.78 is 0. The monoisotopic (exact) mass is 185 g/mol. The van der Waals surface area contributed by atoms with Crippen molar-refractivity contribution in [1.82, 2.24) is 0 Å². The molecule has 0 aliphatic rings. The van der Waals surface area contributed by atoms with E-state index in [0.29, 0.717) is 0 Å². The van der Waals surface area contributed by atoms with Gasteiger partial charge in [-0.05, 0) is 0 Å². The fourth-order valence-electron chi connectivity index (χ4n) is 1.01. The van der Waals surface area contributed by atoms with Crippen LogP contribution < -0.4 is 16.5 Å². The average molecular weight is 185 g/mol. The van der Waals surface area contributed by atoms with Crippen LogP contribution in [0.2, 0.25) is 0 Å². The summed E-state index contributed by atoms with van der Waals surface area (Å²) in [6.45, 7) is 0. The van der Waals surface area contributed by atoms with Crippen LogP contribution in [0.5, 0.6) is 0 Å². The van der Waals surface area contributed by atoms with Gasteiger partial charge >= 0.3 is 0 Å². The van der Waals surface area contributed by atoms with Crippen LogP contribution in [0.15, 0.2) is 0 Å². The van der Waals surface area contributed by atoms with Gasteiger partial charge in [0, 0.05) is 0 Å². The lowest BCUT2D eigenvalue weighted by molar-refractivity contribution is -0.342. The topological polar surface area (TPSA) is 138 Å². The number of H-pyrrole nitrogens is 1. The predicted molar refractivity (Wildman–Crippen MR) is 46.0 cm³/mol. The first-order valence-corrected chi connectivity index (χ1v) is 3.50. The van der Waals surface area contributed by atoms with Crippen molar-refractivity contribution >= 4 is 11.6 Å². The van der Waals surface area contributed by atoms with Crippen molar-refractivity contribution in [2.75, 3.05) is 11.5 Å². The zero-order valence-electron chi connectivity index (χ0n) is 7.00. The summed E-state index contributed by atoms with van der Waals surface area (Å²) in [4.78, 5) is 2.44. The summed E-state index contributed by atoms with van der Waals surface area (Å²) in [5.74, 6) is -0.0268. The highest BCUT2D eigenvalue weighted by atomic mass is 14.9. The first-order chi connectivity index (χ1) is 6.65.